The molecule has 1 saturated carbocycles. The second-order valence-electron chi connectivity index (χ2n) is 7.61. The summed E-state index contributed by atoms with van der Waals surface area (Å²) in [5.74, 6) is 1.34. The molecule has 1 aromatic heterocycles. The van der Waals surface area contributed by atoms with Gasteiger partial charge in [-0.15, -0.1) is 11.3 Å². The van der Waals surface area contributed by atoms with E-state index in [1.807, 2.05) is 11.3 Å². The molecule has 23 heavy (non-hydrogen) atoms. The van der Waals surface area contributed by atoms with Gasteiger partial charge in [-0.1, -0.05) is 75.6 Å². The van der Waals surface area contributed by atoms with Crippen molar-refractivity contribution in [3.63, 3.8) is 0 Å². The minimum atomic E-state index is 0.215. The first-order chi connectivity index (χ1) is 11.2. The van der Waals surface area contributed by atoms with E-state index in [0.29, 0.717) is 5.92 Å². The van der Waals surface area contributed by atoms with Gasteiger partial charge in [-0.2, -0.15) is 0 Å². The van der Waals surface area contributed by atoms with E-state index in [-0.39, 0.29) is 5.41 Å². The van der Waals surface area contributed by atoms with E-state index in [9.17, 15) is 0 Å². The SMILES string of the molecule is C[C@H]1C=Cc2sc3c(c2C=C1)=CC=CC(C)(C1CCCCC1)C=3. The molecule has 3 aliphatic rings. The third-order valence-electron chi connectivity index (χ3n) is 5.80. The summed E-state index contributed by atoms with van der Waals surface area (Å²) in [4.78, 5) is 1.42. The number of thiophene rings is 1. The van der Waals surface area contributed by atoms with Crippen molar-refractivity contribution in [3.05, 3.63) is 44.5 Å². The molecule has 0 amide bonds. The van der Waals surface area contributed by atoms with Crippen LogP contribution in [-0.4, -0.2) is 0 Å². The molecule has 0 saturated heterocycles. The van der Waals surface area contributed by atoms with E-state index in [1.165, 1.54) is 52.3 Å². The van der Waals surface area contributed by atoms with Gasteiger partial charge >= 0.3 is 0 Å². The topological polar surface area (TPSA) is 0 Å². The van der Waals surface area contributed by atoms with Gasteiger partial charge < -0.3 is 0 Å². The van der Waals surface area contributed by atoms with Crippen molar-refractivity contribution in [2.24, 2.45) is 17.3 Å². The average Bonchev–Trinajstić information content (AvgIpc) is 2.68. The van der Waals surface area contributed by atoms with Gasteiger partial charge in [0.2, 0.25) is 0 Å². The highest BCUT2D eigenvalue weighted by Crippen LogP contribution is 2.41. The van der Waals surface area contributed by atoms with Crippen LogP contribution in [0.3, 0.4) is 0 Å². The summed E-state index contributed by atoms with van der Waals surface area (Å²) in [6.07, 6.45) is 26.0. The fourth-order valence-electron chi connectivity index (χ4n) is 4.28. The smallest absolute Gasteiger partial charge is 0.0352 e. The van der Waals surface area contributed by atoms with E-state index in [4.69, 9.17) is 0 Å². The minimum absolute atomic E-state index is 0.215. The van der Waals surface area contributed by atoms with Gasteiger partial charge in [-0.05, 0) is 41.5 Å². The lowest BCUT2D eigenvalue weighted by molar-refractivity contribution is 0.252. The molecule has 3 aliphatic carbocycles. The number of fused-ring (bicyclic) bond motifs is 3. The van der Waals surface area contributed by atoms with Crippen LogP contribution in [0, 0.1) is 17.3 Å². The monoisotopic (exact) mass is 322 g/mol. The van der Waals surface area contributed by atoms with Crippen LogP contribution in [0.25, 0.3) is 24.3 Å². The molecule has 1 heterocycles. The second kappa shape index (κ2) is 5.94. The Kier molecular flexibility index (Phi) is 3.93. The van der Waals surface area contributed by atoms with Crippen LogP contribution >= 0.6 is 11.3 Å². The van der Waals surface area contributed by atoms with Gasteiger partial charge in [0.15, 0.2) is 0 Å². The highest BCUT2D eigenvalue weighted by molar-refractivity contribution is 7.11. The van der Waals surface area contributed by atoms with Crippen molar-refractivity contribution in [1.29, 1.82) is 0 Å². The van der Waals surface area contributed by atoms with Gasteiger partial charge in [0.05, 0.1) is 0 Å². The first-order valence-electron chi connectivity index (χ1n) is 9.07. The molecule has 0 aliphatic heterocycles. The second-order valence-corrected chi connectivity index (χ2v) is 8.69. The summed E-state index contributed by atoms with van der Waals surface area (Å²) in [5.41, 5.74) is 1.63. The van der Waals surface area contributed by atoms with Gasteiger partial charge in [0.25, 0.3) is 0 Å². The van der Waals surface area contributed by atoms with Crippen molar-refractivity contribution < 1.29 is 0 Å². The molecular formula is C22H26S. The third-order valence-corrected chi connectivity index (χ3v) is 6.94. The van der Waals surface area contributed by atoms with E-state index in [2.05, 4.69) is 62.5 Å². The van der Waals surface area contributed by atoms with Crippen LogP contribution < -0.4 is 9.75 Å². The molecule has 0 bridgehead atoms. The summed E-state index contributed by atoms with van der Waals surface area (Å²) in [6, 6.07) is 0. The zero-order valence-electron chi connectivity index (χ0n) is 14.2. The van der Waals surface area contributed by atoms with Gasteiger partial charge in [-0.25, -0.2) is 0 Å². The summed E-state index contributed by atoms with van der Waals surface area (Å²) in [6.45, 7) is 4.69. The lowest BCUT2D eigenvalue weighted by Gasteiger charge is -2.35. The van der Waals surface area contributed by atoms with Crippen LogP contribution in [0.4, 0.5) is 0 Å². The van der Waals surface area contributed by atoms with Crippen molar-refractivity contribution in [2.75, 3.05) is 0 Å². The summed E-state index contributed by atoms with van der Waals surface area (Å²) in [5, 5.41) is 1.43. The Morgan fingerprint density at radius 1 is 1.09 bits per heavy atom. The van der Waals surface area contributed by atoms with E-state index in [0.717, 1.165) is 5.92 Å². The summed E-state index contributed by atoms with van der Waals surface area (Å²) < 4.78 is 1.47. The molecule has 2 atom stereocenters. The van der Waals surface area contributed by atoms with Crippen LogP contribution in [-0.2, 0) is 0 Å². The highest BCUT2D eigenvalue weighted by Gasteiger charge is 2.31. The maximum Gasteiger partial charge on any atom is 0.0352 e. The molecular weight excluding hydrogens is 296 g/mol. The molecule has 4 rings (SSSR count). The molecule has 1 heteroatoms. The Morgan fingerprint density at radius 3 is 2.70 bits per heavy atom. The maximum atomic E-state index is 2.57. The number of rotatable bonds is 1. The average molecular weight is 323 g/mol. The molecule has 1 unspecified atom stereocenters. The zero-order chi connectivity index (χ0) is 15.9. The maximum absolute atomic E-state index is 2.57. The lowest BCUT2D eigenvalue weighted by Crippen LogP contribution is -2.29. The predicted octanol–water partition coefficient (Wildman–Crippen LogP) is 5.14. The largest absolute Gasteiger partial charge is 0.136 e. The molecule has 0 nitrogen and oxygen atoms in total. The van der Waals surface area contributed by atoms with E-state index >= 15 is 0 Å². The van der Waals surface area contributed by atoms with Crippen LogP contribution in [0.5, 0.6) is 0 Å². The lowest BCUT2D eigenvalue weighted by atomic mass is 9.70. The van der Waals surface area contributed by atoms with E-state index in [1.54, 1.807) is 0 Å². The number of allylic oxidation sites excluding steroid dienone is 4. The molecule has 120 valence electrons. The molecule has 0 aromatic carbocycles. The third kappa shape index (κ3) is 2.80. The first-order valence-corrected chi connectivity index (χ1v) is 9.89. The summed E-state index contributed by atoms with van der Waals surface area (Å²) in [7, 11) is 0. The fraction of sp³-hybridized carbons (Fsp3) is 0.455. The van der Waals surface area contributed by atoms with Gasteiger partial charge in [-0.3, -0.25) is 0 Å². The van der Waals surface area contributed by atoms with Crippen molar-refractivity contribution >= 4 is 35.6 Å². The normalized spacial score (nSPS) is 29.9. The summed E-state index contributed by atoms with van der Waals surface area (Å²) >= 11 is 1.97. The molecule has 1 aromatic rings. The Labute approximate surface area is 143 Å². The van der Waals surface area contributed by atoms with Crippen molar-refractivity contribution in [3.8, 4) is 0 Å². The van der Waals surface area contributed by atoms with Gasteiger partial charge in [0.1, 0.15) is 0 Å². The van der Waals surface area contributed by atoms with Crippen LogP contribution in [0.1, 0.15) is 56.4 Å². The molecule has 0 spiro atoms. The van der Waals surface area contributed by atoms with Gasteiger partial charge in [0, 0.05) is 14.8 Å². The minimum Gasteiger partial charge on any atom is -0.136 e. The predicted molar refractivity (Wildman–Crippen MR) is 104 cm³/mol. The Bertz CT molecular complexity index is 796. The Morgan fingerprint density at radius 2 is 1.87 bits per heavy atom. The fourth-order valence-corrected chi connectivity index (χ4v) is 5.55. The standard InChI is InChI=1S/C22H26S/c1-16-10-12-19-18-9-6-14-22(2,17-7-4-3-5-8-17)15-21(18)23-20(19)13-11-16/h6,9-17H,3-5,7-8H2,1-2H3/t16-,22?/m1/s1. The molecule has 0 N–H and O–H groups in total. The van der Waals surface area contributed by atoms with Crippen molar-refractivity contribution in [1.82, 2.24) is 0 Å². The zero-order valence-corrected chi connectivity index (χ0v) is 15.0. The highest BCUT2D eigenvalue weighted by atomic mass is 32.1. The van der Waals surface area contributed by atoms with E-state index < -0.39 is 0 Å². The first kappa shape index (κ1) is 15.2. The molecule has 1 fully saturated rings. The quantitative estimate of drug-likeness (QED) is 0.671. The van der Waals surface area contributed by atoms with Crippen LogP contribution in [0.15, 0.2) is 24.3 Å². The Balaban J connectivity index is 1.83. The number of hydrogen-bond donors (Lipinski definition) is 0. The van der Waals surface area contributed by atoms with Crippen LogP contribution in [0.2, 0.25) is 0 Å². The molecule has 0 radical (unpaired) electrons. The van der Waals surface area contributed by atoms with Crippen molar-refractivity contribution in [2.45, 2.75) is 46.0 Å². The number of hydrogen-bond acceptors (Lipinski definition) is 1. The Hall–Kier alpha value is -1.34.